The van der Waals surface area contributed by atoms with Gasteiger partial charge in [0.2, 0.25) is 0 Å². The van der Waals surface area contributed by atoms with Gasteiger partial charge in [0.1, 0.15) is 6.17 Å². The third-order valence-corrected chi connectivity index (χ3v) is 1.55. The lowest BCUT2D eigenvalue weighted by atomic mass is 10.1. The van der Waals surface area contributed by atoms with Gasteiger partial charge in [-0.2, -0.15) is 0 Å². The monoisotopic (exact) mass is 161 g/mol. The molecule has 1 atom stereocenters. The van der Waals surface area contributed by atoms with Crippen LogP contribution in [0.5, 0.6) is 0 Å². The first-order chi connectivity index (χ1) is 4.83. The van der Waals surface area contributed by atoms with Crippen LogP contribution in [0.3, 0.4) is 0 Å². The number of hydrogen-bond acceptors (Lipinski definition) is 1. The Hall–Kier alpha value is -0.110. The Bertz CT molecular complexity index is 105. The molecular formula is C9H20FN. The molecule has 11 heavy (non-hydrogen) atoms. The van der Waals surface area contributed by atoms with E-state index in [1.165, 1.54) is 0 Å². The van der Waals surface area contributed by atoms with Crippen molar-refractivity contribution < 1.29 is 4.39 Å². The summed E-state index contributed by atoms with van der Waals surface area (Å²) in [5, 5.41) is 3.13. The van der Waals surface area contributed by atoms with Crippen LogP contribution < -0.4 is 5.32 Å². The molecule has 0 aromatic heterocycles. The molecule has 0 aliphatic heterocycles. The van der Waals surface area contributed by atoms with Crippen LogP contribution >= 0.6 is 0 Å². The zero-order valence-corrected chi connectivity index (χ0v) is 8.24. The summed E-state index contributed by atoms with van der Waals surface area (Å²) < 4.78 is 13.0. The summed E-state index contributed by atoms with van der Waals surface area (Å²) in [5.41, 5.74) is 0.0270. The van der Waals surface area contributed by atoms with Crippen molar-refractivity contribution in [1.82, 2.24) is 5.32 Å². The van der Waals surface area contributed by atoms with Crippen LogP contribution in [-0.2, 0) is 0 Å². The molecule has 1 nitrogen and oxygen atoms in total. The summed E-state index contributed by atoms with van der Waals surface area (Å²) in [6.07, 6.45) is -0.728. The van der Waals surface area contributed by atoms with Crippen LogP contribution in [-0.4, -0.2) is 18.3 Å². The first kappa shape index (κ1) is 10.9. The fourth-order valence-corrected chi connectivity index (χ4v) is 0.639. The third kappa shape index (κ3) is 6.29. The van der Waals surface area contributed by atoms with E-state index in [9.17, 15) is 4.39 Å². The van der Waals surface area contributed by atoms with E-state index in [1.807, 2.05) is 34.6 Å². The van der Waals surface area contributed by atoms with Gasteiger partial charge in [-0.1, -0.05) is 13.8 Å². The maximum atomic E-state index is 13.0. The van der Waals surface area contributed by atoms with E-state index in [2.05, 4.69) is 5.32 Å². The second kappa shape index (κ2) is 4.05. The molecule has 1 N–H and O–H groups in total. The molecule has 0 saturated carbocycles. The number of hydrogen-bond donors (Lipinski definition) is 1. The standard InChI is InChI=1S/C9H20FN/c1-7(2)8(10)6-11-9(3,4)5/h7-8,11H,6H2,1-5H3. The van der Waals surface area contributed by atoms with E-state index < -0.39 is 6.17 Å². The Balaban J connectivity index is 3.54. The summed E-state index contributed by atoms with van der Waals surface area (Å²) >= 11 is 0. The predicted octanol–water partition coefficient (Wildman–Crippen LogP) is 2.37. The van der Waals surface area contributed by atoms with Crippen LogP contribution in [0.1, 0.15) is 34.6 Å². The third-order valence-electron chi connectivity index (χ3n) is 1.55. The van der Waals surface area contributed by atoms with Crippen LogP contribution in [0.25, 0.3) is 0 Å². The number of halogens is 1. The zero-order chi connectivity index (χ0) is 9.07. The topological polar surface area (TPSA) is 12.0 Å². The molecule has 1 unspecified atom stereocenters. The molecule has 0 spiro atoms. The van der Waals surface area contributed by atoms with Gasteiger partial charge in [-0.3, -0.25) is 0 Å². The molecular weight excluding hydrogens is 141 g/mol. The van der Waals surface area contributed by atoms with Crippen LogP contribution in [0.2, 0.25) is 0 Å². The Morgan fingerprint density at radius 1 is 1.27 bits per heavy atom. The second-order valence-electron chi connectivity index (χ2n) is 4.39. The molecule has 0 aliphatic carbocycles. The van der Waals surface area contributed by atoms with Gasteiger partial charge in [-0.15, -0.1) is 0 Å². The van der Waals surface area contributed by atoms with Crippen molar-refractivity contribution in [3.8, 4) is 0 Å². The molecule has 0 fully saturated rings. The molecule has 68 valence electrons. The first-order valence-corrected chi connectivity index (χ1v) is 4.22. The quantitative estimate of drug-likeness (QED) is 0.670. The van der Waals surface area contributed by atoms with Crippen LogP contribution in [0, 0.1) is 5.92 Å². The van der Waals surface area contributed by atoms with E-state index in [1.54, 1.807) is 0 Å². The lowest BCUT2D eigenvalue weighted by Gasteiger charge is -2.23. The molecule has 0 bridgehead atoms. The van der Waals surface area contributed by atoms with Gasteiger partial charge in [0.15, 0.2) is 0 Å². The van der Waals surface area contributed by atoms with Gasteiger partial charge in [-0.25, -0.2) is 4.39 Å². The zero-order valence-electron chi connectivity index (χ0n) is 8.24. The molecule has 0 aliphatic rings. The highest BCUT2D eigenvalue weighted by Gasteiger charge is 2.15. The highest BCUT2D eigenvalue weighted by Crippen LogP contribution is 2.06. The van der Waals surface area contributed by atoms with Gasteiger partial charge < -0.3 is 5.32 Å². The van der Waals surface area contributed by atoms with E-state index >= 15 is 0 Å². The van der Waals surface area contributed by atoms with Gasteiger partial charge >= 0.3 is 0 Å². The highest BCUT2D eigenvalue weighted by atomic mass is 19.1. The Morgan fingerprint density at radius 3 is 2.00 bits per heavy atom. The van der Waals surface area contributed by atoms with Gasteiger partial charge in [-0.05, 0) is 26.7 Å². The second-order valence-corrected chi connectivity index (χ2v) is 4.39. The minimum atomic E-state index is -0.728. The molecule has 0 amide bonds. The van der Waals surface area contributed by atoms with Crippen molar-refractivity contribution in [2.75, 3.05) is 6.54 Å². The average molecular weight is 161 g/mol. The van der Waals surface area contributed by atoms with Crippen molar-refractivity contribution in [3.63, 3.8) is 0 Å². The molecule has 0 rings (SSSR count). The smallest absolute Gasteiger partial charge is 0.115 e. The van der Waals surface area contributed by atoms with Crippen molar-refractivity contribution >= 4 is 0 Å². The molecule has 0 aromatic rings. The first-order valence-electron chi connectivity index (χ1n) is 4.22. The largest absolute Gasteiger partial charge is 0.309 e. The van der Waals surface area contributed by atoms with E-state index in [0.717, 1.165) is 0 Å². The Labute approximate surface area is 69.4 Å². The summed E-state index contributed by atoms with van der Waals surface area (Å²) in [7, 11) is 0. The fraction of sp³-hybridized carbons (Fsp3) is 1.00. The predicted molar refractivity (Wildman–Crippen MR) is 47.5 cm³/mol. The fourth-order valence-electron chi connectivity index (χ4n) is 0.639. The maximum Gasteiger partial charge on any atom is 0.115 e. The normalized spacial score (nSPS) is 15.5. The molecule has 0 saturated heterocycles. The van der Waals surface area contributed by atoms with E-state index in [4.69, 9.17) is 0 Å². The van der Waals surface area contributed by atoms with Crippen molar-refractivity contribution in [3.05, 3.63) is 0 Å². The van der Waals surface area contributed by atoms with Crippen molar-refractivity contribution in [2.24, 2.45) is 5.92 Å². The van der Waals surface area contributed by atoms with Gasteiger partial charge in [0, 0.05) is 12.1 Å². The van der Waals surface area contributed by atoms with Crippen molar-refractivity contribution in [1.29, 1.82) is 0 Å². The van der Waals surface area contributed by atoms with Crippen LogP contribution in [0.4, 0.5) is 4.39 Å². The van der Waals surface area contributed by atoms with Gasteiger partial charge in [0.25, 0.3) is 0 Å². The molecule has 2 heteroatoms. The van der Waals surface area contributed by atoms with E-state index in [0.29, 0.717) is 6.54 Å². The molecule has 0 radical (unpaired) electrons. The molecule has 0 aromatic carbocycles. The van der Waals surface area contributed by atoms with Crippen molar-refractivity contribution in [2.45, 2.75) is 46.3 Å². The number of alkyl halides is 1. The summed E-state index contributed by atoms with van der Waals surface area (Å²) in [6.45, 7) is 10.4. The average Bonchev–Trinajstić information content (AvgIpc) is 1.80. The minimum Gasteiger partial charge on any atom is -0.309 e. The maximum absolute atomic E-state index is 13.0. The highest BCUT2D eigenvalue weighted by molar-refractivity contribution is 4.73. The Kier molecular flexibility index (Phi) is 4.01. The lowest BCUT2D eigenvalue weighted by molar-refractivity contribution is 0.227. The molecule has 0 heterocycles. The van der Waals surface area contributed by atoms with Gasteiger partial charge in [0.05, 0.1) is 0 Å². The summed E-state index contributed by atoms with van der Waals surface area (Å²) in [6, 6.07) is 0. The number of nitrogens with one attached hydrogen (secondary N) is 1. The minimum absolute atomic E-state index is 0.0270. The SMILES string of the molecule is CC(C)C(F)CNC(C)(C)C. The van der Waals surface area contributed by atoms with Crippen LogP contribution in [0.15, 0.2) is 0 Å². The summed E-state index contributed by atoms with van der Waals surface area (Å²) in [5.74, 6) is 0.116. The Morgan fingerprint density at radius 2 is 1.73 bits per heavy atom. The lowest BCUT2D eigenvalue weighted by Crippen LogP contribution is -2.40. The van der Waals surface area contributed by atoms with E-state index in [-0.39, 0.29) is 11.5 Å². The summed E-state index contributed by atoms with van der Waals surface area (Å²) in [4.78, 5) is 0. The number of rotatable bonds is 3.